The number of hydrogen-bond acceptors (Lipinski definition) is 5. The quantitative estimate of drug-likeness (QED) is 0.716. The highest BCUT2D eigenvalue weighted by Gasteiger charge is 2.22. The first kappa shape index (κ1) is 17.4. The fourth-order valence-electron chi connectivity index (χ4n) is 3.23. The van der Waals surface area contributed by atoms with E-state index in [1.807, 2.05) is 29.0 Å². The van der Waals surface area contributed by atoms with Gasteiger partial charge in [0.05, 0.1) is 4.88 Å². The molecular formula is C20H21N3OS2. The van der Waals surface area contributed by atoms with E-state index >= 15 is 0 Å². The van der Waals surface area contributed by atoms with Crippen molar-refractivity contribution >= 4 is 28.6 Å². The molecule has 1 fully saturated rings. The van der Waals surface area contributed by atoms with Gasteiger partial charge in [0.1, 0.15) is 10.7 Å². The monoisotopic (exact) mass is 383 g/mol. The van der Waals surface area contributed by atoms with Gasteiger partial charge in [-0.15, -0.1) is 22.7 Å². The average Bonchev–Trinajstić information content (AvgIpc) is 3.36. The van der Waals surface area contributed by atoms with Crippen molar-refractivity contribution in [1.82, 2.24) is 15.2 Å². The molecule has 134 valence electrons. The van der Waals surface area contributed by atoms with Crippen molar-refractivity contribution in [3.05, 3.63) is 64.5 Å². The summed E-state index contributed by atoms with van der Waals surface area (Å²) in [6, 6.07) is 14.8. The maximum Gasteiger partial charge on any atom is 0.270 e. The Hall–Kier alpha value is -2.02. The van der Waals surface area contributed by atoms with Crippen molar-refractivity contribution in [2.75, 3.05) is 13.1 Å². The van der Waals surface area contributed by atoms with Crippen molar-refractivity contribution in [3.8, 4) is 9.88 Å². The number of thiophene rings is 1. The number of aromatic nitrogens is 1. The minimum Gasteiger partial charge on any atom is -0.348 e. The predicted molar refractivity (Wildman–Crippen MR) is 108 cm³/mol. The predicted octanol–water partition coefficient (Wildman–Crippen LogP) is 4.27. The number of nitrogens with one attached hydrogen (secondary N) is 1. The van der Waals surface area contributed by atoms with Crippen LogP contribution in [0.2, 0.25) is 0 Å². The number of carbonyl (C=O) groups is 1. The number of likely N-dealkylation sites (tertiary alicyclic amines) is 1. The summed E-state index contributed by atoms with van der Waals surface area (Å²) in [4.78, 5) is 20.6. The fraction of sp³-hybridized carbons (Fsp3) is 0.300. The van der Waals surface area contributed by atoms with E-state index in [-0.39, 0.29) is 11.9 Å². The summed E-state index contributed by atoms with van der Waals surface area (Å²) in [6.07, 6.45) is 1.97. The molecule has 4 rings (SSSR count). The summed E-state index contributed by atoms with van der Waals surface area (Å²) < 4.78 is 0. The van der Waals surface area contributed by atoms with E-state index in [0.717, 1.165) is 42.4 Å². The molecule has 26 heavy (non-hydrogen) atoms. The second kappa shape index (κ2) is 8.12. The van der Waals surface area contributed by atoms with E-state index in [1.165, 1.54) is 16.9 Å². The number of thiazole rings is 1. The molecule has 0 aliphatic carbocycles. The number of nitrogens with zero attached hydrogens (tertiary/aromatic N) is 2. The maximum absolute atomic E-state index is 12.5. The highest BCUT2D eigenvalue weighted by atomic mass is 32.1. The zero-order chi connectivity index (χ0) is 17.8. The lowest BCUT2D eigenvalue weighted by Gasteiger charge is -2.32. The molecule has 0 atom stereocenters. The Bertz CT molecular complexity index is 837. The summed E-state index contributed by atoms with van der Waals surface area (Å²) in [5, 5.41) is 7.96. The molecule has 1 saturated heterocycles. The van der Waals surface area contributed by atoms with Gasteiger partial charge in [-0.1, -0.05) is 36.4 Å². The van der Waals surface area contributed by atoms with Crippen LogP contribution in [0.3, 0.4) is 0 Å². The topological polar surface area (TPSA) is 45.2 Å². The molecule has 1 aliphatic rings. The SMILES string of the molecule is O=C(NC1CCN(Cc2ccccc2)CC1)c1csc(-c2cccs2)n1. The molecule has 2 aromatic heterocycles. The van der Waals surface area contributed by atoms with Gasteiger partial charge in [0.2, 0.25) is 0 Å². The Kier molecular flexibility index (Phi) is 5.43. The summed E-state index contributed by atoms with van der Waals surface area (Å²) >= 11 is 3.18. The van der Waals surface area contributed by atoms with Crippen LogP contribution in [-0.2, 0) is 6.54 Å². The van der Waals surface area contributed by atoms with Gasteiger partial charge in [0.25, 0.3) is 5.91 Å². The zero-order valence-corrected chi connectivity index (χ0v) is 16.1. The zero-order valence-electron chi connectivity index (χ0n) is 14.4. The Labute approximate surface area is 161 Å². The molecule has 0 bridgehead atoms. The maximum atomic E-state index is 12.5. The van der Waals surface area contributed by atoms with Crippen LogP contribution in [0.15, 0.2) is 53.2 Å². The third-order valence-corrected chi connectivity index (χ3v) is 6.52. The van der Waals surface area contributed by atoms with Crippen molar-refractivity contribution in [3.63, 3.8) is 0 Å². The summed E-state index contributed by atoms with van der Waals surface area (Å²) in [6.45, 7) is 3.01. The van der Waals surface area contributed by atoms with Crippen LogP contribution in [0.5, 0.6) is 0 Å². The first-order valence-electron chi connectivity index (χ1n) is 8.84. The molecule has 0 radical (unpaired) electrons. The van der Waals surface area contributed by atoms with E-state index in [9.17, 15) is 4.79 Å². The van der Waals surface area contributed by atoms with Crippen LogP contribution in [0, 0.1) is 0 Å². The third-order valence-electron chi connectivity index (χ3n) is 4.64. The van der Waals surface area contributed by atoms with E-state index in [4.69, 9.17) is 0 Å². The van der Waals surface area contributed by atoms with Crippen molar-refractivity contribution < 1.29 is 4.79 Å². The van der Waals surface area contributed by atoms with Gasteiger partial charge in [-0.2, -0.15) is 0 Å². The molecule has 1 amide bonds. The molecule has 0 unspecified atom stereocenters. The number of piperidine rings is 1. The first-order chi connectivity index (χ1) is 12.8. The van der Waals surface area contributed by atoms with Crippen LogP contribution in [0.25, 0.3) is 9.88 Å². The smallest absolute Gasteiger partial charge is 0.270 e. The van der Waals surface area contributed by atoms with Gasteiger partial charge in [0.15, 0.2) is 0 Å². The van der Waals surface area contributed by atoms with Crippen LogP contribution in [0.1, 0.15) is 28.9 Å². The molecular weight excluding hydrogens is 362 g/mol. The number of benzene rings is 1. The van der Waals surface area contributed by atoms with E-state index in [2.05, 4.69) is 39.5 Å². The van der Waals surface area contributed by atoms with Crippen molar-refractivity contribution in [2.24, 2.45) is 0 Å². The molecule has 0 spiro atoms. The molecule has 3 aromatic rings. The third kappa shape index (κ3) is 4.20. The Morgan fingerprint density at radius 3 is 2.65 bits per heavy atom. The van der Waals surface area contributed by atoms with Crippen LogP contribution in [-0.4, -0.2) is 34.9 Å². The van der Waals surface area contributed by atoms with Crippen LogP contribution >= 0.6 is 22.7 Å². The van der Waals surface area contributed by atoms with E-state index in [0.29, 0.717) is 5.69 Å². The van der Waals surface area contributed by atoms with Crippen molar-refractivity contribution in [2.45, 2.75) is 25.4 Å². The summed E-state index contributed by atoms with van der Waals surface area (Å²) in [7, 11) is 0. The molecule has 6 heteroatoms. The lowest BCUT2D eigenvalue weighted by molar-refractivity contribution is 0.0904. The van der Waals surface area contributed by atoms with Gasteiger partial charge >= 0.3 is 0 Å². The van der Waals surface area contributed by atoms with E-state index in [1.54, 1.807) is 11.3 Å². The number of hydrogen-bond donors (Lipinski definition) is 1. The fourth-order valence-corrected chi connectivity index (χ4v) is 4.84. The summed E-state index contributed by atoms with van der Waals surface area (Å²) in [5.74, 6) is -0.0504. The Morgan fingerprint density at radius 2 is 1.92 bits per heavy atom. The standard InChI is InChI=1S/C20H21N3OS2/c24-19(17-14-26-20(22-17)18-7-4-12-25-18)21-16-8-10-23(11-9-16)13-15-5-2-1-3-6-15/h1-7,12,14,16H,8-11,13H2,(H,21,24). The Morgan fingerprint density at radius 1 is 1.12 bits per heavy atom. The average molecular weight is 384 g/mol. The van der Waals surface area contributed by atoms with E-state index < -0.39 is 0 Å². The van der Waals surface area contributed by atoms with Gasteiger partial charge < -0.3 is 5.32 Å². The van der Waals surface area contributed by atoms with Crippen LogP contribution < -0.4 is 5.32 Å². The molecule has 3 heterocycles. The van der Waals surface area contributed by atoms with Gasteiger partial charge in [-0.05, 0) is 29.9 Å². The normalized spacial score (nSPS) is 15.8. The van der Waals surface area contributed by atoms with Crippen molar-refractivity contribution in [1.29, 1.82) is 0 Å². The minimum absolute atomic E-state index is 0.0504. The lowest BCUT2D eigenvalue weighted by Crippen LogP contribution is -2.44. The van der Waals surface area contributed by atoms with Gasteiger partial charge in [-0.3, -0.25) is 9.69 Å². The molecule has 0 saturated carbocycles. The number of amides is 1. The molecule has 1 aromatic carbocycles. The van der Waals surface area contributed by atoms with Crippen LogP contribution in [0.4, 0.5) is 0 Å². The highest BCUT2D eigenvalue weighted by molar-refractivity contribution is 7.20. The summed E-state index contributed by atoms with van der Waals surface area (Å²) in [5.41, 5.74) is 1.88. The molecule has 1 aliphatic heterocycles. The highest BCUT2D eigenvalue weighted by Crippen LogP contribution is 2.27. The molecule has 4 nitrogen and oxygen atoms in total. The molecule has 1 N–H and O–H groups in total. The first-order valence-corrected chi connectivity index (χ1v) is 10.6. The minimum atomic E-state index is -0.0504. The lowest BCUT2D eigenvalue weighted by atomic mass is 10.0. The second-order valence-corrected chi connectivity index (χ2v) is 8.33. The number of rotatable bonds is 5. The largest absolute Gasteiger partial charge is 0.348 e. The van der Waals surface area contributed by atoms with Gasteiger partial charge in [-0.25, -0.2) is 4.98 Å². The second-order valence-electron chi connectivity index (χ2n) is 6.52. The number of carbonyl (C=O) groups excluding carboxylic acids is 1. The Balaban J connectivity index is 1.28. The van der Waals surface area contributed by atoms with Gasteiger partial charge in [0, 0.05) is 31.1 Å².